The summed E-state index contributed by atoms with van der Waals surface area (Å²) in [7, 11) is 0. The number of hydrogen-bond acceptors (Lipinski definition) is 6. The van der Waals surface area contributed by atoms with Gasteiger partial charge >= 0.3 is 153 Å². The van der Waals surface area contributed by atoms with Gasteiger partial charge < -0.3 is 0 Å². The number of aromatic hydroxyl groups is 3. The fourth-order valence-corrected chi connectivity index (χ4v) is 4.92. The molecular weight excluding hydrogens is 434 g/mol. The van der Waals surface area contributed by atoms with Crippen LogP contribution in [0.4, 0.5) is 0 Å². The molecule has 0 aliphatic carbocycles. The van der Waals surface area contributed by atoms with Gasteiger partial charge in [0.2, 0.25) is 0 Å². The average Bonchev–Trinajstić information content (AvgIpc) is 2.61. The number of benzene rings is 3. The van der Waals surface area contributed by atoms with Crippen molar-refractivity contribution >= 4 is 21.5 Å². The monoisotopic (exact) mass is 448 g/mol. The molecule has 0 heterocycles. The Hall–Kier alpha value is -2.72. The summed E-state index contributed by atoms with van der Waals surface area (Å²) in [6.07, 6.45) is 0. The molecule has 6 nitrogen and oxygen atoms in total. The van der Waals surface area contributed by atoms with Crippen LogP contribution in [-0.4, -0.2) is 36.8 Å². The summed E-state index contributed by atoms with van der Waals surface area (Å²) in [5, 5.41) is 29.7. The van der Waals surface area contributed by atoms with Gasteiger partial charge in [-0.25, -0.2) is 0 Å². The minimum absolute atomic E-state index is 0.0567. The van der Waals surface area contributed by atoms with Crippen LogP contribution in [0.15, 0.2) is 72.8 Å². The molecule has 0 saturated carbocycles. The van der Waals surface area contributed by atoms with Crippen molar-refractivity contribution in [2.45, 2.75) is 0 Å². The normalized spacial score (nSPS) is 10.4. The fourth-order valence-electron chi connectivity index (χ4n) is 1.90. The zero-order valence-corrected chi connectivity index (χ0v) is 15.5. The minimum atomic E-state index is -3.49. The first-order valence-corrected chi connectivity index (χ1v) is 10.4. The predicted octanol–water partition coefficient (Wildman–Crippen LogP) is 3.33. The van der Waals surface area contributed by atoms with E-state index in [4.69, 9.17) is 9.05 Å². The molecule has 0 spiro atoms. The molecule has 3 rings (SSSR count). The first-order chi connectivity index (χ1) is 12.1. The van der Waals surface area contributed by atoms with E-state index in [0.29, 0.717) is 0 Å². The predicted molar refractivity (Wildman–Crippen MR) is 92.0 cm³/mol. The van der Waals surface area contributed by atoms with Gasteiger partial charge in [-0.1, -0.05) is 0 Å². The summed E-state index contributed by atoms with van der Waals surface area (Å²) >= 11 is -3.49. The van der Waals surface area contributed by atoms with Crippen LogP contribution in [0.1, 0.15) is 0 Å². The quantitative estimate of drug-likeness (QED) is 0.501. The molecule has 0 atom stereocenters. The molecule has 3 aromatic rings. The van der Waals surface area contributed by atoms with Gasteiger partial charge in [0.05, 0.1) is 0 Å². The van der Waals surface area contributed by atoms with Crippen molar-refractivity contribution in [2.24, 2.45) is 0 Å². The third-order valence-electron chi connectivity index (χ3n) is 3.11. The molecule has 0 radical (unpaired) electrons. The van der Waals surface area contributed by atoms with Crippen molar-refractivity contribution in [1.82, 2.24) is 0 Å². The van der Waals surface area contributed by atoms with Crippen molar-refractivity contribution in [3.05, 3.63) is 72.8 Å². The van der Waals surface area contributed by atoms with Crippen LogP contribution in [0.3, 0.4) is 0 Å². The number of para-hydroxylation sites is 6. The molecule has 0 aromatic heterocycles. The third kappa shape index (κ3) is 4.42. The second-order valence-electron chi connectivity index (χ2n) is 4.90. The molecule has 3 N–H and O–H groups in total. The van der Waals surface area contributed by atoms with Crippen LogP contribution in [0.25, 0.3) is 0 Å². The van der Waals surface area contributed by atoms with Gasteiger partial charge in [-0.05, 0) is 0 Å². The topological polar surface area (TPSA) is 88.4 Å². The molecule has 0 amide bonds. The summed E-state index contributed by atoms with van der Waals surface area (Å²) in [5.74, 6) is 0.445. The van der Waals surface area contributed by atoms with E-state index in [1.165, 1.54) is 18.2 Å². The number of phenolic OH excluding ortho intramolecular Hbond substituents is 3. The summed E-state index contributed by atoms with van der Waals surface area (Å²) in [5.41, 5.74) is 0. The van der Waals surface area contributed by atoms with Crippen molar-refractivity contribution in [3.63, 3.8) is 0 Å². The standard InChI is InChI=1S/3C6H6O2.Sb/c3*7-5-3-1-2-4-6(5)8;/h3*1-4,7-8H;/q;;;+3/p-3. The summed E-state index contributed by atoms with van der Waals surface area (Å²) in [6, 6.07) is 19.3. The van der Waals surface area contributed by atoms with Gasteiger partial charge in [-0.3, -0.25) is 0 Å². The van der Waals surface area contributed by atoms with Gasteiger partial charge in [0.1, 0.15) is 0 Å². The van der Waals surface area contributed by atoms with E-state index in [1.54, 1.807) is 54.6 Å². The molecule has 25 heavy (non-hydrogen) atoms. The molecule has 7 heteroatoms. The molecule has 0 fully saturated rings. The summed E-state index contributed by atoms with van der Waals surface area (Å²) in [4.78, 5) is 0. The van der Waals surface area contributed by atoms with E-state index in [0.717, 1.165) is 0 Å². The number of hydrogen-bond donors (Lipinski definition) is 3. The molecule has 0 aliphatic rings. The van der Waals surface area contributed by atoms with Gasteiger partial charge in [0.25, 0.3) is 0 Å². The van der Waals surface area contributed by atoms with Gasteiger partial charge in [-0.15, -0.1) is 0 Å². The molecule has 3 aromatic carbocycles. The zero-order chi connectivity index (χ0) is 17.6. The molecule has 0 saturated heterocycles. The maximum absolute atomic E-state index is 9.90. The molecule has 0 aliphatic heterocycles. The van der Waals surface area contributed by atoms with E-state index in [2.05, 4.69) is 0 Å². The summed E-state index contributed by atoms with van der Waals surface area (Å²) < 4.78 is 17.2. The van der Waals surface area contributed by atoms with Crippen LogP contribution in [-0.2, 0) is 0 Å². The first-order valence-electron chi connectivity index (χ1n) is 7.31. The van der Waals surface area contributed by atoms with E-state index >= 15 is 0 Å². The summed E-state index contributed by atoms with van der Waals surface area (Å²) in [6.45, 7) is 0. The van der Waals surface area contributed by atoms with Gasteiger partial charge in [0, 0.05) is 0 Å². The molecule has 0 bridgehead atoms. The SMILES string of the molecule is Oc1ccccc1[O][Sb]([O]c1ccccc1O)[O]c1ccccc1O. The van der Waals surface area contributed by atoms with E-state index < -0.39 is 21.5 Å². The Morgan fingerprint density at radius 1 is 0.480 bits per heavy atom. The van der Waals surface area contributed by atoms with Crippen LogP contribution >= 0.6 is 0 Å². The Balaban J connectivity index is 1.86. The van der Waals surface area contributed by atoms with Crippen molar-refractivity contribution in [2.75, 3.05) is 0 Å². The van der Waals surface area contributed by atoms with Gasteiger partial charge in [-0.2, -0.15) is 0 Å². The van der Waals surface area contributed by atoms with Crippen molar-refractivity contribution in [3.8, 4) is 34.5 Å². The zero-order valence-electron chi connectivity index (χ0n) is 12.9. The second kappa shape index (κ2) is 7.90. The fraction of sp³-hybridized carbons (Fsp3) is 0. The van der Waals surface area contributed by atoms with E-state index in [1.807, 2.05) is 0 Å². The van der Waals surface area contributed by atoms with Crippen LogP contribution in [0, 0.1) is 0 Å². The molecular formula is C18H15O6Sb. The van der Waals surface area contributed by atoms with Crippen LogP contribution < -0.4 is 9.05 Å². The average molecular weight is 449 g/mol. The number of rotatable bonds is 6. The van der Waals surface area contributed by atoms with E-state index in [-0.39, 0.29) is 34.5 Å². The third-order valence-corrected chi connectivity index (χ3v) is 6.07. The Labute approximate surface area is 153 Å². The van der Waals surface area contributed by atoms with Gasteiger partial charge in [0.15, 0.2) is 0 Å². The Morgan fingerprint density at radius 2 is 0.760 bits per heavy atom. The van der Waals surface area contributed by atoms with Crippen molar-refractivity contribution < 1.29 is 24.4 Å². The Bertz CT molecular complexity index is 741. The van der Waals surface area contributed by atoms with Crippen LogP contribution in [0.2, 0.25) is 0 Å². The maximum atomic E-state index is 9.90. The number of phenols is 3. The Morgan fingerprint density at radius 3 is 1.04 bits per heavy atom. The molecule has 0 unspecified atom stereocenters. The Kier molecular flexibility index (Phi) is 5.41. The van der Waals surface area contributed by atoms with Crippen LogP contribution in [0.5, 0.6) is 34.5 Å². The van der Waals surface area contributed by atoms with Crippen molar-refractivity contribution in [1.29, 1.82) is 0 Å². The second-order valence-corrected chi connectivity index (χ2v) is 7.74. The van der Waals surface area contributed by atoms with E-state index in [9.17, 15) is 15.3 Å². The first kappa shape index (κ1) is 17.1. The molecule has 128 valence electrons.